The molecular formula is C9H11N. The highest BCUT2D eigenvalue weighted by atomic mass is 14.7. The standard InChI is InChI=1S/C9H11N/c1-3-5-9-8(2)6-4-7-10-9/h3-7H,1-2H3. The summed E-state index contributed by atoms with van der Waals surface area (Å²) in [5.74, 6) is 0. The third kappa shape index (κ3) is 1.44. The summed E-state index contributed by atoms with van der Waals surface area (Å²) in [6.07, 6.45) is 5.81. The zero-order valence-electron chi connectivity index (χ0n) is 6.33. The van der Waals surface area contributed by atoms with E-state index in [1.165, 1.54) is 5.56 Å². The van der Waals surface area contributed by atoms with Gasteiger partial charge in [-0.05, 0) is 31.6 Å². The molecule has 1 rings (SSSR count). The molecule has 0 saturated carbocycles. The first-order valence-electron chi connectivity index (χ1n) is 3.39. The van der Waals surface area contributed by atoms with Crippen molar-refractivity contribution in [3.63, 3.8) is 0 Å². The van der Waals surface area contributed by atoms with Gasteiger partial charge in [0.1, 0.15) is 0 Å². The summed E-state index contributed by atoms with van der Waals surface area (Å²) in [6, 6.07) is 4.00. The number of aromatic nitrogens is 1. The van der Waals surface area contributed by atoms with Crippen molar-refractivity contribution in [2.24, 2.45) is 0 Å². The second-order valence-electron chi connectivity index (χ2n) is 2.21. The molecule has 0 amide bonds. The van der Waals surface area contributed by atoms with Crippen LogP contribution in [0.2, 0.25) is 0 Å². The van der Waals surface area contributed by atoms with Crippen molar-refractivity contribution in [3.8, 4) is 0 Å². The normalized spacial score (nSPS) is 10.6. The van der Waals surface area contributed by atoms with E-state index >= 15 is 0 Å². The number of nitrogens with zero attached hydrogens (tertiary/aromatic N) is 1. The Morgan fingerprint density at radius 2 is 2.30 bits per heavy atom. The van der Waals surface area contributed by atoms with E-state index in [1.807, 2.05) is 31.3 Å². The molecule has 1 heterocycles. The fourth-order valence-corrected chi connectivity index (χ4v) is 0.830. The molecular weight excluding hydrogens is 122 g/mol. The quantitative estimate of drug-likeness (QED) is 0.573. The predicted octanol–water partition coefficient (Wildman–Crippen LogP) is 2.42. The smallest absolute Gasteiger partial charge is 0.0655 e. The molecule has 1 heteroatoms. The lowest BCUT2D eigenvalue weighted by atomic mass is 10.2. The van der Waals surface area contributed by atoms with Crippen molar-refractivity contribution < 1.29 is 0 Å². The van der Waals surface area contributed by atoms with Gasteiger partial charge in [0.2, 0.25) is 0 Å². The second-order valence-corrected chi connectivity index (χ2v) is 2.21. The van der Waals surface area contributed by atoms with Gasteiger partial charge in [-0.25, -0.2) is 0 Å². The van der Waals surface area contributed by atoms with E-state index in [1.54, 1.807) is 0 Å². The molecule has 10 heavy (non-hydrogen) atoms. The van der Waals surface area contributed by atoms with E-state index < -0.39 is 0 Å². The minimum atomic E-state index is 1.06. The van der Waals surface area contributed by atoms with E-state index in [2.05, 4.69) is 18.0 Å². The number of aryl methyl sites for hydroxylation is 1. The Morgan fingerprint density at radius 1 is 1.50 bits per heavy atom. The Morgan fingerprint density at radius 3 is 2.90 bits per heavy atom. The van der Waals surface area contributed by atoms with Gasteiger partial charge in [0.25, 0.3) is 0 Å². The topological polar surface area (TPSA) is 12.9 Å². The second kappa shape index (κ2) is 3.16. The summed E-state index contributed by atoms with van der Waals surface area (Å²) < 4.78 is 0. The summed E-state index contributed by atoms with van der Waals surface area (Å²) in [4.78, 5) is 4.18. The van der Waals surface area contributed by atoms with Crippen LogP contribution in [0.15, 0.2) is 24.4 Å². The lowest BCUT2D eigenvalue weighted by Gasteiger charge is -1.95. The van der Waals surface area contributed by atoms with Gasteiger partial charge in [0, 0.05) is 6.20 Å². The van der Waals surface area contributed by atoms with Gasteiger partial charge in [-0.1, -0.05) is 12.1 Å². The van der Waals surface area contributed by atoms with Crippen LogP contribution in [0.4, 0.5) is 0 Å². The Kier molecular flexibility index (Phi) is 2.21. The molecule has 0 aliphatic carbocycles. The average Bonchev–Trinajstić information content (AvgIpc) is 1.94. The van der Waals surface area contributed by atoms with Crippen LogP contribution in [0, 0.1) is 6.92 Å². The monoisotopic (exact) mass is 133 g/mol. The molecule has 1 aromatic rings. The van der Waals surface area contributed by atoms with Crippen LogP contribution >= 0.6 is 0 Å². The van der Waals surface area contributed by atoms with E-state index in [9.17, 15) is 0 Å². The number of rotatable bonds is 1. The molecule has 0 fully saturated rings. The lowest BCUT2D eigenvalue weighted by molar-refractivity contribution is 1.24. The van der Waals surface area contributed by atoms with Crippen molar-refractivity contribution in [1.29, 1.82) is 0 Å². The molecule has 0 aliphatic rings. The molecule has 0 bridgehead atoms. The van der Waals surface area contributed by atoms with Crippen molar-refractivity contribution in [3.05, 3.63) is 35.7 Å². The molecule has 0 radical (unpaired) electrons. The van der Waals surface area contributed by atoms with Crippen molar-refractivity contribution in [2.75, 3.05) is 0 Å². The van der Waals surface area contributed by atoms with Gasteiger partial charge in [-0.15, -0.1) is 0 Å². The molecule has 0 aliphatic heterocycles. The third-order valence-electron chi connectivity index (χ3n) is 1.37. The molecule has 0 aromatic carbocycles. The summed E-state index contributed by atoms with van der Waals surface area (Å²) in [5, 5.41) is 0. The maximum absolute atomic E-state index is 4.18. The molecule has 0 atom stereocenters. The minimum Gasteiger partial charge on any atom is -0.257 e. The van der Waals surface area contributed by atoms with Gasteiger partial charge in [0.15, 0.2) is 0 Å². The van der Waals surface area contributed by atoms with Gasteiger partial charge >= 0.3 is 0 Å². The summed E-state index contributed by atoms with van der Waals surface area (Å²) in [7, 11) is 0. The number of hydrogen-bond acceptors (Lipinski definition) is 1. The van der Waals surface area contributed by atoms with Crippen molar-refractivity contribution in [2.45, 2.75) is 13.8 Å². The number of hydrogen-bond donors (Lipinski definition) is 0. The fourth-order valence-electron chi connectivity index (χ4n) is 0.830. The predicted molar refractivity (Wildman–Crippen MR) is 43.7 cm³/mol. The summed E-state index contributed by atoms with van der Waals surface area (Å²) >= 11 is 0. The van der Waals surface area contributed by atoms with Crippen LogP contribution in [0.5, 0.6) is 0 Å². The zero-order chi connectivity index (χ0) is 7.40. The average molecular weight is 133 g/mol. The SMILES string of the molecule is CC=Cc1ncccc1C. The van der Waals surface area contributed by atoms with Crippen LogP contribution in [0.3, 0.4) is 0 Å². The van der Waals surface area contributed by atoms with Crippen LogP contribution in [0.25, 0.3) is 6.08 Å². The molecule has 0 saturated heterocycles. The maximum atomic E-state index is 4.18. The first kappa shape index (κ1) is 7.00. The van der Waals surface area contributed by atoms with Crippen molar-refractivity contribution >= 4 is 6.08 Å². The Balaban J connectivity index is 3.03. The van der Waals surface area contributed by atoms with Crippen LogP contribution in [-0.2, 0) is 0 Å². The molecule has 0 spiro atoms. The Labute approximate surface area is 61.4 Å². The van der Waals surface area contributed by atoms with E-state index in [-0.39, 0.29) is 0 Å². The minimum absolute atomic E-state index is 1.06. The van der Waals surface area contributed by atoms with Crippen molar-refractivity contribution in [1.82, 2.24) is 4.98 Å². The first-order chi connectivity index (χ1) is 4.84. The molecule has 1 nitrogen and oxygen atoms in total. The van der Waals surface area contributed by atoms with Crippen LogP contribution in [0.1, 0.15) is 18.2 Å². The summed E-state index contributed by atoms with van der Waals surface area (Å²) in [6.45, 7) is 4.05. The van der Waals surface area contributed by atoms with E-state index in [0.29, 0.717) is 0 Å². The van der Waals surface area contributed by atoms with Gasteiger partial charge < -0.3 is 0 Å². The van der Waals surface area contributed by atoms with Crippen LogP contribution < -0.4 is 0 Å². The van der Waals surface area contributed by atoms with Gasteiger partial charge in [-0.2, -0.15) is 0 Å². The maximum Gasteiger partial charge on any atom is 0.0655 e. The molecule has 0 N–H and O–H groups in total. The largest absolute Gasteiger partial charge is 0.257 e. The summed E-state index contributed by atoms with van der Waals surface area (Å²) in [5.41, 5.74) is 2.28. The van der Waals surface area contributed by atoms with E-state index in [0.717, 1.165) is 5.69 Å². The highest BCUT2D eigenvalue weighted by Crippen LogP contribution is 2.03. The van der Waals surface area contributed by atoms with Crippen LogP contribution in [-0.4, -0.2) is 4.98 Å². The van der Waals surface area contributed by atoms with Gasteiger partial charge in [0.05, 0.1) is 5.69 Å². The van der Waals surface area contributed by atoms with Gasteiger partial charge in [-0.3, -0.25) is 4.98 Å². The number of allylic oxidation sites excluding steroid dienone is 1. The zero-order valence-corrected chi connectivity index (χ0v) is 6.33. The third-order valence-corrected chi connectivity index (χ3v) is 1.37. The Bertz CT molecular complexity index is 238. The number of pyridine rings is 1. The first-order valence-corrected chi connectivity index (χ1v) is 3.39. The Hall–Kier alpha value is -1.11. The highest BCUT2D eigenvalue weighted by Gasteiger charge is 1.89. The molecule has 1 aromatic heterocycles. The molecule has 0 unspecified atom stereocenters. The highest BCUT2D eigenvalue weighted by molar-refractivity contribution is 5.47. The fraction of sp³-hybridized carbons (Fsp3) is 0.222. The molecule has 52 valence electrons. The van der Waals surface area contributed by atoms with E-state index in [4.69, 9.17) is 0 Å². The lowest BCUT2D eigenvalue weighted by Crippen LogP contribution is -1.82.